The van der Waals surface area contributed by atoms with Crippen LogP contribution in [0.15, 0.2) is 24.4 Å². The molecule has 106 valence electrons. The number of nitro groups is 1. The molecular weight excluding hydrogens is 282 g/mol. The van der Waals surface area contributed by atoms with Crippen molar-refractivity contribution in [2.45, 2.75) is 26.4 Å². The Balaban J connectivity index is 2.35. The number of benzene rings is 1. The van der Waals surface area contributed by atoms with Gasteiger partial charge in [-0.3, -0.25) is 10.1 Å². The van der Waals surface area contributed by atoms with Crippen molar-refractivity contribution in [2.75, 3.05) is 0 Å². The molecule has 2 rings (SSSR count). The highest BCUT2D eigenvalue weighted by molar-refractivity contribution is 6.32. The minimum absolute atomic E-state index is 0.106. The highest BCUT2D eigenvalue weighted by Gasteiger charge is 2.19. The predicted octanol–water partition coefficient (Wildman–Crippen LogP) is 2.33. The quantitative estimate of drug-likeness (QED) is 0.676. The van der Waals surface area contributed by atoms with Gasteiger partial charge in [0, 0.05) is 18.7 Å². The molecule has 0 fully saturated rings. The Morgan fingerprint density at radius 3 is 2.90 bits per heavy atom. The first-order chi connectivity index (χ1) is 9.49. The Labute approximate surface area is 120 Å². The lowest BCUT2D eigenvalue weighted by Crippen LogP contribution is -2.21. The molecule has 1 aromatic heterocycles. The van der Waals surface area contributed by atoms with E-state index in [0.29, 0.717) is 18.3 Å². The van der Waals surface area contributed by atoms with Crippen molar-refractivity contribution < 1.29 is 4.92 Å². The molecule has 1 heterocycles. The number of hydrogen-bond acceptors (Lipinski definition) is 5. The second kappa shape index (κ2) is 5.98. The number of para-hydroxylation sites is 1. The summed E-state index contributed by atoms with van der Waals surface area (Å²) < 4.78 is 1.33. The van der Waals surface area contributed by atoms with Crippen LogP contribution in [-0.2, 0) is 6.54 Å². The minimum Gasteiger partial charge on any atom is -0.309 e. The Hall–Kier alpha value is -1.99. The van der Waals surface area contributed by atoms with Crippen molar-refractivity contribution in [3.8, 4) is 5.69 Å². The fourth-order valence-electron chi connectivity index (χ4n) is 1.68. The van der Waals surface area contributed by atoms with Crippen LogP contribution in [0.25, 0.3) is 5.69 Å². The number of nitrogens with zero attached hydrogens (tertiary/aromatic N) is 4. The number of rotatable bonds is 5. The zero-order valence-electron chi connectivity index (χ0n) is 11.1. The Morgan fingerprint density at radius 2 is 2.25 bits per heavy atom. The van der Waals surface area contributed by atoms with E-state index in [1.54, 1.807) is 12.3 Å². The standard InChI is InChI=1S/C12H14ClN5O2/c1-8(2)14-6-9-7-17(16-15-9)12-10(13)4-3-5-11(12)18(19)20/h3-5,7-8,14H,6H2,1-2H3. The Kier molecular flexibility index (Phi) is 4.31. The van der Waals surface area contributed by atoms with Gasteiger partial charge in [0.1, 0.15) is 0 Å². The monoisotopic (exact) mass is 295 g/mol. The molecule has 0 amide bonds. The molecule has 8 heteroatoms. The smallest absolute Gasteiger partial charge is 0.296 e. The van der Waals surface area contributed by atoms with Crippen LogP contribution in [0.3, 0.4) is 0 Å². The van der Waals surface area contributed by atoms with E-state index < -0.39 is 4.92 Å². The summed E-state index contributed by atoms with van der Waals surface area (Å²) >= 11 is 6.04. The number of nitro benzene ring substituents is 1. The van der Waals surface area contributed by atoms with Crippen LogP contribution >= 0.6 is 11.6 Å². The average molecular weight is 296 g/mol. The molecule has 7 nitrogen and oxygen atoms in total. The number of nitrogens with one attached hydrogen (secondary N) is 1. The molecule has 1 aromatic carbocycles. The summed E-state index contributed by atoms with van der Waals surface area (Å²) in [4.78, 5) is 10.6. The highest BCUT2D eigenvalue weighted by atomic mass is 35.5. The van der Waals surface area contributed by atoms with E-state index in [9.17, 15) is 10.1 Å². The van der Waals surface area contributed by atoms with E-state index >= 15 is 0 Å². The third-order valence-electron chi connectivity index (χ3n) is 2.62. The summed E-state index contributed by atoms with van der Waals surface area (Å²) in [6.07, 6.45) is 1.63. The van der Waals surface area contributed by atoms with Crippen LogP contribution in [-0.4, -0.2) is 26.0 Å². The third-order valence-corrected chi connectivity index (χ3v) is 2.93. The van der Waals surface area contributed by atoms with Crippen molar-refractivity contribution in [3.05, 3.63) is 45.2 Å². The molecule has 0 aliphatic carbocycles. The van der Waals surface area contributed by atoms with Crippen molar-refractivity contribution in [1.29, 1.82) is 0 Å². The molecule has 20 heavy (non-hydrogen) atoms. The van der Waals surface area contributed by atoms with Crippen LogP contribution in [0.2, 0.25) is 5.02 Å². The third kappa shape index (κ3) is 3.12. The van der Waals surface area contributed by atoms with E-state index in [4.69, 9.17) is 11.6 Å². The molecular formula is C12H14ClN5O2. The van der Waals surface area contributed by atoms with Gasteiger partial charge in [0.15, 0.2) is 5.69 Å². The first-order valence-corrected chi connectivity index (χ1v) is 6.44. The SMILES string of the molecule is CC(C)NCc1cn(-c2c(Cl)cccc2[N+](=O)[O-])nn1. The van der Waals surface area contributed by atoms with Gasteiger partial charge < -0.3 is 5.32 Å². The van der Waals surface area contributed by atoms with Gasteiger partial charge in [-0.25, -0.2) is 4.68 Å². The van der Waals surface area contributed by atoms with Crippen molar-refractivity contribution in [3.63, 3.8) is 0 Å². The van der Waals surface area contributed by atoms with E-state index in [0.717, 1.165) is 0 Å². The summed E-state index contributed by atoms with van der Waals surface area (Å²) in [6.45, 7) is 4.57. The fourth-order valence-corrected chi connectivity index (χ4v) is 1.93. The molecule has 0 aliphatic rings. The molecule has 0 aliphatic heterocycles. The fraction of sp³-hybridized carbons (Fsp3) is 0.333. The molecule has 0 saturated carbocycles. The van der Waals surface area contributed by atoms with Crippen LogP contribution in [0.4, 0.5) is 5.69 Å². The number of hydrogen-bond donors (Lipinski definition) is 1. The van der Waals surface area contributed by atoms with E-state index in [2.05, 4.69) is 15.6 Å². The maximum atomic E-state index is 11.0. The zero-order chi connectivity index (χ0) is 14.7. The summed E-state index contributed by atoms with van der Waals surface area (Å²) in [5.41, 5.74) is 0.807. The van der Waals surface area contributed by atoms with Gasteiger partial charge >= 0.3 is 0 Å². The largest absolute Gasteiger partial charge is 0.309 e. The lowest BCUT2D eigenvalue weighted by molar-refractivity contribution is -0.384. The lowest BCUT2D eigenvalue weighted by atomic mass is 10.2. The summed E-state index contributed by atoms with van der Waals surface area (Å²) in [6, 6.07) is 4.81. The van der Waals surface area contributed by atoms with Crippen molar-refractivity contribution in [1.82, 2.24) is 20.3 Å². The predicted molar refractivity (Wildman–Crippen MR) is 75.0 cm³/mol. The summed E-state index contributed by atoms with van der Waals surface area (Å²) in [5.74, 6) is 0. The first kappa shape index (κ1) is 14.4. The number of aromatic nitrogens is 3. The highest BCUT2D eigenvalue weighted by Crippen LogP contribution is 2.29. The lowest BCUT2D eigenvalue weighted by Gasteiger charge is -2.05. The van der Waals surface area contributed by atoms with Gasteiger partial charge in [0.25, 0.3) is 5.69 Å². The first-order valence-electron chi connectivity index (χ1n) is 6.07. The molecule has 0 atom stereocenters. The van der Waals surface area contributed by atoms with E-state index in [-0.39, 0.29) is 16.4 Å². The molecule has 0 saturated heterocycles. The maximum absolute atomic E-state index is 11.0. The van der Waals surface area contributed by atoms with Crippen LogP contribution in [0, 0.1) is 10.1 Å². The molecule has 1 N–H and O–H groups in total. The van der Waals surface area contributed by atoms with E-state index in [1.165, 1.54) is 16.8 Å². The Morgan fingerprint density at radius 1 is 1.50 bits per heavy atom. The van der Waals surface area contributed by atoms with Gasteiger partial charge in [0.2, 0.25) is 0 Å². The molecule has 0 unspecified atom stereocenters. The molecule has 2 aromatic rings. The van der Waals surface area contributed by atoms with Crippen LogP contribution < -0.4 is 5.32 Å². The zero-order valence-corrected chi connectivity index (χ0v) is 11.8. The van der Waals surface area contributed by atoms with Gasteiger partial charge in [0.05, 0.1) is 21.8 Å². The van der Waals surface area contributed by atoms with Crippen molar-refractivity contribution in [2.24, 2.45) is 0 Å². The maximum Gasteiger partial charge on any atom is 0.296 e. The average Bonchev–Trinajstić information content (AvgIpc) is 2.84. The topological polar surface area (TPSA) is 85.9 Å². The summed E-state index contributed by atoms with van der Waals surface area (Å²) in [7, 11) is 0. The van der Waals surface area contributed by atoms with Gasteiger partial charge in [-0.2, -0.15) is 0 Å². The van der Waals surface area contributed by atoms with Gasteiger partial charge in [-0.1, -0.05) is 36.7 Å². The number of halogens is 1. The van der Waals surface area contributed by atoms with Crippen molar-refractivity contribution >= 4 is 17.3 Å². The Bertz CT molecular complexity index is 626. The molecule has 0 bridgehead atoms. The summed E-state index contributed by atoms with van der Waals surface area (Å²) in [5, 5.41) is 22.4. The van der Waals surface area contributed by atoms with Gasteiger partial charge in [-0.15, -0.1) is 5.10 Å². The van der Waals surface area contributed by atoms with Gasteiger partial charge in [-0.05, 0) is 6.07 Å². The van der Waals surface area contributed by atoms with Crippen LogP contribution in [0.1, 0.15) is 19.5 Å². The molecule has 0 spiro atoms. The van der Waals surface area contributed by atoms with E-state index in [1.807, 2.05) is 13.8 Å². The minimum atomic E-state index is -0.491. The second-order valence-corrected chi connectivity index (χ2v) is 4.96. The molecule has 0 radical (unpaired) electrons. The van der Waals surface area contributed by atoms with Crippen LogP contribution in [0.5, 0.6) is 0 Å². The second-order valence-electron chi connectivity index (χ2n) is 4.55. The normalized spacial score (nSPS) is 11.0.